The number of aryl methyl sites for hydroxylation is 3. The van der Waals surface area contributed by atoms with Gasteiger partial charge in [0.2, 0.25) is 0 Å². The lowest BCUT2D eigenvalue weighted by Gasteiger charge is -2.28. The summed E-state index contributed by atoms with van der Waals surface area (Å²) in [6, 6.07) is 25.0. The maximum atomic E-state index is 6.61. The van der Waals surface area contributed by atoms with Crippen molar-refractivity contribution in [3.05, 3.63) is 125 Å². The Balaban J connectivity index is 1.42. The van der Waals surface area contributed by atoms with Crippen molar-refractivity contribution in [2.45, 2.75) is 73.1 Å². The van der Waals surface area contributed by atoms with Crippen LogP contribution < -0.4 is 4.74 Å². The highest BCUT2D eigenvalue weighted by atomic mass is 16.5. The lowest BCUT2D eigenvalue weighted by molar-refractivity contribution is 0.475. The first-order valence-electron chi connectivity index (χ1n) is 15.2. The van der Waals surface area contributed by atoms with Gasteiger partial charge in [0.05, 0.1) is 29.0 Å². The summed E-state index contributed by atoms with van der Waals surface area (Å²) in [5.74, 6) is 1.48. The van der Waals surface area contributed by atoms with Crippen molar-refractivity contribution in [1.82, 2.24) is 24.1 Å². The molecule has 6 heteroatoms. The van der Waals surface area contributed by atoms with Crippen molar-refractivity contribution in [3.63, 3.8) is 0 Å². The molecule has 224 valence electrons. The van der Waals surface area contributed by atoms with Gasteiger partial charge in [0.25, 0.3) is 0 Å². The van der Waals surface area contributed by atoms with Crippen LogP contribution in [0.1, 0.15) is 74.2 Å². The molecular weight excluding hydrogens is 542 g/mol. The van der Waals surface area contributed by atoms with E-state index in [1.165, 1.54) is 5.56 Å². The molecule has 0 radical (unpaired) electrons. The second-order valence-electron chi connectivity index (χ2n) is 13.3. The monoisotopic (exact) mass is 583 g/mol. The topological polar surface area (TPSA) is 57.2 Å². The summed E-state index contributed by atoms with van der Waals surface area (Å²) >= 11 is 0. The number of imidazole rings is 1. The van der Waals surface area contributed by atoms with Crippen LogP contribution in [0.2, 0.25) is 0 Å². The molecule has 0 aliphatic rings. The van der Waals surface area contributed by atoms with E-state index in [-0.39, 0.29) is 5.41 Å². The highest BCUT2D eigenvalue weighted by Crippen LogP contribution is 2.38. The van der Waals surface area contributed by atoms with Gasteiger partial charge < -0.3 is 9.14 Å². The minimum atomic E-state index is -0.425. The summed E-state index contributed by atoms with van der Waals surface area (Å²) in [5, 5.41) is 4.91. The number of pyridine rings is 2. The first-order valence-corrected chi connectivity index (χ1v) is 15.2. The number of hydrogen-bond donors (Lipinski definition) is 0. The smallest absolute Gasteiger partial charge is 0.144 e. The summed E-state index contributed by atoms with van der Waals surface area (Å²) in [6.45, 7) is 19.5. The minimum Gasteiger partial charge on any atom is -0.456 e. The van der Waals surface area contributed by atoms with Crippen molar-refractivity contribution in [2.75, 3.05) is 0 Å². The van der Waals surface area contributed by atoms with Crippen LogP contribution in [-0.2, 0) is 10.8 Å². The highest BCUT2D eigenvalue weighted by molar-refractivity contribution is 5.69. The van der Waals surface area contributed by atoms with Crippen LogP contribution >= 0.6 is 0 Å². The van der Waals surface area contributed by atoms with Gasteiger partial charge in [0.1, 0.15) is 17.1 Å². The van der Waals surface area contributed by atoms with E-state index in [9.17, 15) is 0 Å². The molecule has 6 rings (SSSR count). The average Bonchev–Trinajstić information content (AvgIpc) is 3.46. The summed E-state index contributed by atoms with van der Waals surface area (Å²) in [7, 11) is 0. The normalized spacial score (nSPS) is 12.2. The molecule has 44 heavy (non-hydrogen) atoms. The zero-order chi connectivity index (χ0) is 31.4. The van der Waals surface area contributed by atoms with E-state index >= 15 is 0 Å². The van der Waals surface area contributed by atoms with Crippen LogP contribution in [0.5, 0.6) is 11.5 Å². The molecule has 0 amide bonds. The lowest BCUT2D eigenvalue weighted by Crippen LogP contribution is -2.23. The van der Waals surface area contributed by atoms with Gasteiger partial charge >= 0.3 is 0 Å². The van der Waals surface area contributed by atoms with Crippen molar-refractivity contribution < 1.29 is 4.74 Å². The summed E-state index contributed by atoms with van der Waals surface area (Å²) in [4.78, 5) is 9.84. The highest BCUT2D eigenvalue weighted by Gasteiger charge is 2.31. The van der Waals surface area contributed by atoms with E-state index in [0.29, 0.717) is 0 Å². The zero-order valence-corrected chi connectivity index (χ0v) is 27.2. The molecule has 4 heterocycles. The van der Waals surface area contributed by atoms with E-state index in [2.05, 4.69) is 115 Å². The fourth-order valence-electron chi connectivity index (χ4n) is 5.97. The Morgan fingerprint density at radius 3 is 2.20 bits per heavy atom. The van der Waals surface area contributed by atoms with Crippen molar-refractivity contribution in [3.8, 4) is 28.3 Å². The second kappa shape index (κ2) is 10.8. The maximum Gasteiger partial charge on any atom is 0.144 e. The van der Waals surface area contributed by atoms with Crippen LogP contribution in [0.15, 0.2) is 85.2 Å². The predicted octanol–water partition coefficient (Wildman–Crippen LogP) is 9.23. The molecule has 6 aromatic rings. The first-order chi connectivity index (χ1) is 20.8. The molecule has 0 atom stereocenters. The average molecular weight is 584 g/mol. The van der Waals surface area contributed by atoms with Gasteiger partial charge in [0, 0.05) is 40.2 Å². The number of aromatic nitrogens is 5. The molecule has 0 saturated carbocycles. The number of nitrogens with zero attached hydrogens (tertiary/aromatic N) is 5. The third-order valence-corrected chi connectivity index (χ3v) is 8.76. The van der Waals surface area contributed by atoms with Gasteiger partial charge in [-0.05, 0) is 74.6 Å². The molecule has 6 nitrogen and oxygen atoms in total. The quantitative estimate of drug-likeness (QED) is 0.196. The maximum absolute atomic E-state index is 6.61. The minimum absolute atomic E-state index is 0.0207. The molecule has 2 aromatic carbocycles. The van der Waals surface area contributed by atoms with Gasteiger partial charge in [-0.25, -0.2) is 9.67 Å². The number of hydrogen-bond acceptors (Lipinski definition) is 4. The number of benzene rings is 2. The number of fused-ring (bicyclic) bond motifs is 1. The Bertz CT molecular complexity index is 1990. The van der Waals surface area contributed by atoms with Gasteiger partial charge in [0.15, 0.2) is 0 Å². The van der Waals surface area contributed by atoms with Gasteiger partial charge in [-0.3, -0.25) is 4.98 Å². The van der Waals surface area contributed by atoms with Crippen molar-refractivity contribution in [2.24, 2.45) is 0 Å². The van der Waals surface area contributed by atoms with E-state index < -0.39 is 5.41 Å². The molecule has 0 aliphatic carbocycles. The molecule has 0 saturated heterocycles. The van der Waals surface area contributed by atoms with E-state index in [1.807, 2.05) is 41.3 Å². The standard InChI is InChI=1S/C38H41N5O/c1-24-26(3)42-23-32(22-33(36(42)40-24)38(8,9)34-20-29(18-19-39-34)37(5,6)7)44-31-17-13-16-30(21-31)43-27(4)35(25(2)41-43)28-14-11-10-12-15-28/h10-23H,1-9H3. The van der Waals surface area contributed by atoms with Gasteiger partial charge in [-0.15, -0.1) is 0 Å². The second-order valence-corrected chi connectivity index (χ2v) is 13.3. The Labute approximate surface area is 260 Å². The van der Waals surface area contributed by atoms with Crippen LogP contribution in [0.3, 0.4) is 0 Å². The van der Waals surface area contributed by atoms with E-state index in [4.69, 9.17) is 19.8 Å². The fraction of sp³-hybridized carbons (Fsp3) is 0.289. The zero-order valence-electron chi connectivity index (χ0n) is 27.2. The first kappa shape index (κ1) is 29.4. The summed E-state index contributed by atoms with van der Waals surface area (Å²) in [6.07, 6.45) is 3.96. The fourth-order valence-corrected chi connectivity index (χ4v) is 5.97. The summed E-state index contributed by atoms with van der Waals surface area (Å²) in [5.41, 5.74) is 11.3. The Kier molecular flexibility index (Phi) is 7.19. The largest absolute Gasteiger partial charge is 0.456 e. The molecule has 4 aromatic heterocycles. The van der Waals surface area contributed by atoms with Gasteiger partial charge in [-0.2, -0.15) is 5.10 Å². The predicted molar refractivity (Wildman–Crippen MR) is 178 cm³/mol. The molecule has 0 fully saturated rings. The van der Waals surface area contributed by atoms with Crippen LogP contribution in [0, 0.1) is 27.7 Å². The Hall–Kier alpha value is -4.71. The number of ether oxygens (including phenoxy) is 1. The van der Waals surface area contributed by atoms with Gasteiger partial charge in [-0.1, -0.05) is 71.0 Å². The molecule has 0 unspecified atom stereocenters. The third-order valence-electron chi connectivity index (χ3n) is 8.76. The third kappa shape index (κ3) is 5.19. The van der Waals surface area contributed by atoms with Crippen molar-refractivity contribution >= 4 is 5.65 Å². The van der Waals surface area contributed by atoms with E-state index in [1.54, 1.807) is 0 Å². The van der Waals surface area contributed by atoms with Crippen LogP contribution in [-0.4, -0.2) is 24.1 Å². The Morgan fingerprint density at radius 1 is 0.727 bits per heavy atom. The van der Waals surface area contributed by atoms with Crippen molar-refractivity contribution in [1.29, 1.82) is 0 Å². The lowest BCUT2D eigenvalue weighted by atomic mass is 9.79. The molecular formula is C38H41N5O. The Morgan fingerprint density at radius 2 is 1.48 bits per heavy atom. The molecule has 0 bridgehead atoms. The molecule has 0 spiro atoms. The number of rotatable bonds is 6. The van der Waals surface area contributed by atoms with Crippen LogP contribution in [0.4, 0.5) is 0 Å². The summed E-state index contributed by atoms with van der Waals surface area (Å²) < 4.78 is 10.8. The molecule has 0 aliphatic heterocycles. The molecule has 0 N–H and O–H groups in total. The van der Waals surface area contributed by atoms with Crippen LogP contribution in [0.25, 0.3) is 22.5 Å². The SMILES string of the molecule is Cc1nn(-c2cccc(Oc3cc(C(C)(C)c4cc(C(C)(C)C)ccn4)c4nc(C)c(C)n4c3)c2)c(C)c1-c1ccccc1. The van der Waals surface area contributed by atoms with E-state index in [0.717, 1.165) is 68.0 Å².